The molecule has 26 heavy (non-hydrogen) atoms. The molecule has 0 saturated carbocycles. The number of halogens is 1. The Labute approximate surface area is 162 Å². The molecule has 1 aliphatic heterocycles. The van der Waals surface area contributed by atoms with Gasteiger partial charge in [0.25, 0.3) is 0 Å². The highest BCUT2D eigenvalue weighted by Crippen LogP contribution is 2.23. The van der Waals surface area contributed by atoms with Crippen molar-refractivity contribution in [2.24, 2.45) is 11.8 Å². The van der Waals surface area contributed by atoms with Crippen LogP contribution in [-0.4, -0.2) is 31.1 Å². The monoisotopic (exact) mass is 382 g/mol. The molecule has 4 N–H and O–H groups in total. The van der Waals surface area contributed by atoms with Crippen LogP contribution >= 0.6 is 12.4 Å². The fourth-order valence-electron chi connectivity index (χ4n) is 3.10. The maximum Gasteiger partial charge on any atom is 0.319 e. The van der Waals surface area contributed by atoms with E-state index in [0.717, 1.165) is 18.8 Å². The maximum absolute atomic E-state index is 12.2. The highest BCUT2D eigenvalue weighted by molar-refractivity contribution is 5.92. The summed E-state index contributed by atoms with van der Waals surface area (Å²) in [5.41, 5.74) is 1.44. The summed E-state index contributed by atoms with van der Waals surface area (Å²) in [5, 5.41) is 11.9. The van der Waals surface area contributed by atoms with Crippen molar-refractivity contribution >= 4 is 35.7 Å². The highest BCUT2D eigenvalue weighted by atomic mass is 35.5. The maximum atomic E-state index is 12.2. The van der Waals surface area contributed by atoms with Gasteiger partial charge in [-0.1, -0.05) is 6.92 Å². The van der Waals surface area contributed by atoms with Crippen LogP contribution < -0.4 is 21.3 Å². The Balaban J connectivity index is 0.00000338. The van der Waals surface area contributed by atoms with Crippen molar-refractivity contribution in [3.63, 3.8) is 0 Å². The van der Waals surface area contributed by atoms with Crippen molar-refractivity contribution in [2.45, 2.75) is 46.1 Å². The van der Waals surface area contributed by atoms with Crippen LogP contribution in [0.25, 0.3) is 0 Å². The minimum atomic E-state index is -0.235. The number of hydrogen-bond acceptors (Lipinski definition) is 3. The molecule has 1 aliphatic rings. The predicted molar refractivity (Wildman–Crippen MR) is 109 cm³/mol. The smallest absolute Gasteiger partial charge is 0.319 e. The number of amides is 3. The van der Waals surface area contributed by atoms with Crippen LogP contribution in [0.4, 0.5) is 16.2 Å². The molecule has 0 aromatic heterocycles. The molecule has 7 heteroatoms. The third-order valence-electron chi connectivity index (χ3n) is 4.49. The lowest BCUT2D eigenvalue weighted by molar-refractivity contribution is -0.117. The van der Waals surface area contributed by atoms with Gasteiger partial charge in [0.2, 0.25) is 5.91 Å². The Kier molecular flexibility index (Phi) is 9.44. The first-order chi connectivity index (χ1) is 11.9. The lowest BCUT2D eigenvalue weighted by Gasteiger charge is -2.28. The Morgan fingerprint density at radius 1 is 1.12 bits per heavy atom. The Bertz CT molecular complexity index is 571. The van der Waals surface area contributed by atoms with Crippen molar-refractivity contribution < 1.29 is 9.59 Å². The van der Waals surface area contributed by atoms with Crippen LogP contribution in [0.3, 0.4) is 0 Å². The zero-order valence-electron chi connectivity index (χ0n) is 15.8. The van der Waals surface area contributed by atoms with Gasteiger partial charge >= 0.3 is 6.03 Å². The van der Waals surface area contributed by atoms with Crippen molar-refractivity contribution in [3.05, 3.63) is 24.3 Å². The lowest BCUT2D eigenvalue weighted by atomic mass is 9.85. The second-order valence-corrected chi connectivity index (χ2v) is 7.17. The van der Waals surface area contributed by atoms with E-state index in [9.17, 15) is 9.59 Å². The molecule has 3 amide bonds. The van der Waals surface area contributed by atoms with Crippen LogP contribution in [-0.2, 0) is 4.79 Å². The quantitative estimate of drug-likeness (QED) is 0.606. The van der Waals surface area contributed by atoms with E-state index in [1.54, 1.807) is 24.3 Å². The minimum absolute atomic E-state index is 0. The van der Waals surface area contributed by atoms with Gasteiger partial charge in [0.05, 0.1) is 0 Å². The molecule has 0 radical (unpaired) electrons. The molecular formula is C19H31ClN4O2. The zero-order valence-corrected chi connectivity index (χ0v) is 16.6. The van der Waals surface area contributed by atoms with E-state index in [1.165, 1.54) is 12.8 Å². The van der Waals surface area contributed by atoms with E-state index in [0.29, 0.717) is 23.9 Å². The van der Waals surface area contributed by atoms with Crippen LogP contribution in [0.1, 0.15) is 40.0 Å². The van der Waals surface area contributed by atoms with Crippen LogP contribution in [0, 0.1) is 11.8 Å². The molecule has 1 heterocycles. The first-order valence-corrected chi connectivity index (χ1v) is 9.12. The molecule has 1 fully saturated rings. The number of hydrogen-bond donors (Lipinski definition) is 4. The van der Waals surface area contributed by atoms with Crippen molar-refractivity contribution in [3.8, 4) is 0 Å². The molecule has 0 aliphatic carbocycles. The average molecular weight is 383 g/mol. The summed E-state index contributed by atoms with van der Waals surface area (Å²) in [6.07, 6.45) is 2.92. The number of anilines is 2. The Morgan fingerprint density at radius 2 is 1.73 bits per heavy atom. The topological polar surface area (TPSA) is 82.3 Å². The number of nitrogens with one attached hydrogen (secondary N) is 4. The van der Waals surface area contributed by atoms with E-state index in [4.69, 9.17) is 0 Å². The SMILES string of the molecule is CC(C)NC(=O)Nc1ccc(NC(=O)CC(C)C2CCCNC2)cc1.Cl. The van der Waals surface area contributed by atoms with Gasteiger partial charge < -0.3 is 21.3 Å². The summed E-state index contributed by atoms with van der Waals surface area (Å²) in [6, 6.07) is 7.01. The minimum Gasteiger partial charge on any atom is -0.336 e. The molecule has 1 aromatic carbocycles. The summed E-state index contributed by atoms with van der Waals surface area (Å²) < 4.78 is 0. The van der Waals surface area contributed by atoms with Gasteiger partial charge in [0, 0.05) is 23.8 Å². The van der Waals surface area contributed by atoms with Gasteiger partial charge in [0.15, 0.2) is 0 Å². The number of benzene rings is 1. The van der Waals surface area contributed by atoms with Crippen molar-refractivity contribution in [2.75, 3.05) is 23.7 Å². The molecular weight excluding hydrogens is 352 g/mol. The Hall–Kier alpha value is -1.79. The second kappa shape index (κ2) is 11.0. The number of rotatable bonds is 6. The zero-order chi connectivity index (χ0) is 18.2. The van der Waals surface area contributed by atoms with Gasteiger partial charge in [0.1, 0.15) is 0 Å². The number of carbonyl (C=O) groups is 2. The molecule has 0 spiro atoms. The van der Waals surface area contributed by atoms with Crippen LogP contribution in [0.2, 0.25) is 0 Å². The summed E-state index contributed by atoms with van der Waals surface area (Å²) in [6.45, 7) is 8.06. The van der Waals surface area contributed by atoms with E-state index >= 15 is 0 Å². The molecule has 1 aromatic rings. The van der Waals surface area contributed by atoms with E-state index < -0.39 is 0 Å². The van der Waals surface area contributed by atoms with Crippen LogP contribution in [0.5, 0.6) is 0 Å². The summed E-state index contributed by atoms with van der Waals surface area (Å²) >= 11 is 0. The van der Waals surface area contributed by atoms with Crippen molar-refractivity contribution in [1.82, 2.24) is 10.6 Å². The summed E-state index contributed by atoms with van der Waals surface area (Å²) in [4.78, 5) is 23.9. The van der Waals surface area contributed by atoms with Gasteiger partial charge in [-0.2, -0.15) is 0 Å². The third-order valence-corrected chi connectivity index (χ3v) is 4.49. The van der Waals surface area contributed by atoms with E-state index in [2.05, 4.69) is 28.2 Å². The van der Waals surface area contributed by atoms with Gasteiger partial charge in [-0.3, -0.25) is 4.79 Å². The lowest BCUT2D eigenvalue weighted by Crippen LogP contribution is -2.34. The van der Waals surface area contributed by atoms with E-state index in [-0.39, 0.29) is 30.4 Å². The first kappa shape index (κ1) is 22.3. The summed E-state index contributed by atoms with van der Waals surface area (Å²) in [5.74, 6) is 0.982. The standard InChI is InChI=1S/C19H30N4O2.ClH/c1-13(2)21-19(25)23-17-8-6-16(7-9-17)22-18(24)11-14(3)15-5-4-10-20-12-15;/h6-9,13-15,20H,4-5,10-12H2,1-3H3,(H,22,24)(H2,21,23,25);1H. The van der Waals surface area contributed by atoms with Gasteiger partial charge in [-0.15, -0.1) is 12.4 Å². The first-order valence-electron chi connectivity index (χ1n) is 9.12. The van der Waals surface area contributed by atoms with Crippen molar-refractivity contribution in [1.29, 1.82) is 0 Å². The fraction of sp³-hybridized carbons (Fsp3) is 0.579. The number of urea groups is 1. The molecule has 6 nitrogen and oxygen atoms in total. The van der Waals surface area contributed by atoms with Gasteiger partial charge in [-0.25, -0.2) is 4.79 Å². The molecule has 2 rings (SSSR count). The number of piperidine rings is 1. The fourth-order valence-corrected chi connectivity index (χ4v) is 3.10. The largest absolute Gasteiger partial charge is 0.336 e. The second-order valence-electron chi connectivity index (χ2n) is 7.17. The summed E-state index contributed by atoms with van der Waals surface area (Å²) in [7, 11) is 0. The average Bonchev–Trinajstić information content (AvgIpc) is 2.56. The highest BCUT2D eigenvalue weighted by Gasteiger charge is 2.22. The Morgan fingerprint density at radius 3 is 2.27 bits per heavy atom. The normalized spacial score (nSPS) is 17.8. The van der Waals surface area contributed by atoms with Gasteiger partial charge in [-0.05, 0) is 75.9 Å². The predicted octanol–water partition coefficient (Wildman–Crippen LogP) is 3.60. The van der Waals surface area contributed by atoms with E-state index in [1.807, 2.05) is 13.8 Å². The molecule has 1 saturated heterocycles. The molecule has 2 unspecified atom stereocenters. The number of carbonyl (C=O) groups excluding carboxylic acids is 2. The molecule has 2 atom stereocenters. The third kappa shape index (κ3) is 7.62. The molecule has 0 bridgehead atoms. The molecule has 146 valence electrons. The van der Waals surface area contributed by atoms with Crippen LogP contribution in [0.15, 0.2) is 24.3 Å².